The Balaban J connectivity index is 1.83. The lowest BCUT2D eigenvalue weighted by Gasteiger charge is -2.13. The maximum absolute atomic E-state index is 13.0. The number of nitrogens with zero attached hydrogens (tertiary/aromatic N) is 1. The van der Waals surface area contributed by atoms with Crippen molar-refractivity contribution in [1.29, 1.82) is 0 Å². The highest BCUT2D eigenvalue weighted by Gasteiger charge is 2.18. The van der Waals surface area contributed by atoms with Crippen LogP contribution in [0.4, 0.5) is 5.82 Å². The highest BCUT2D eigenvalue weighted by atomic mass is 35.5. The van der Waals surface area contributed by atoms with Crippen molar-refractivity contribution in [3.8, 4) is 16.9 Å². The first kappa shape index (κ1) is 21.3. The largest absolute Gasteiger partial charge is 0.366 e. The van der Waals surface area contributed by atoms with E-state index in [-0.39, 0.29) is 5.69 Å². The van der Waals surface area contributed by atoms with E-state index in [0.29, 0.717) is 34.0 Å². The summed E-state index contributed by atoms with van der Waals surface area (Å²) in [6.45, 7) is 4.90. The maximum atomic E-state index is 13.0. The van der Waals surface area contributed by atoms with Crippen LogP contribution in [0, 0.1) is 0 Å². The van der Waals surface area contributed by atoms with Crippen LogP contribution in [-0.2, 0) is 6.54 Å². The molecule has 1 heterocycles. The number of anilines is 1. The van der Waals surface area contributed by atoms with Gasteiger partial charge in [-0.2, -0.15) is 0 Å². The first-order chi connectivity index (χ1) is 14.9. The van der Waals surface area contributed by atoms with Crippen LogP contribution in [0.2, 0.25) is 10.0 Å². The summed E-state index contributed by atoms with van der Waals surface area (Å²) in [5, 5.41) is 4.23. The molecule has 0 aliphatic carbocycles. The number of nitrogens with one attached hydrogen (secondary N) is 2. The monoisotopic (exact) mass is 451 g/mol. The molecule has 3 aromatic carbocycles. The van der Waals surface area contributed by atoms with Crippen molar-refractivity contribution in [2.45, 2.75) is 26.3 Å². The van der Waals surface area contributed by atoms with Crippen LogP contribution in [0.25, 0.3) is 16.9 Å². The number of aromatic nitrogens is 2. The van der Waals surface area contributed by atoms with Crippen LogP contribution in [0.15, 0.2) is 77.6 Å². The van der Waals surface area contributed by atoms with Gasteiger partial charge in [0.1, 0.15) is 5.82 Å². The number of hydrogen-bond donors (Lipinski definition) is 2. The Bertz CT molecular complexity index is 1240. The van der Waals surface area contributed by atoms with Gasteiger partial charge >= 0.3 is 5.69 Å². The van der Waals surface area contributed by atoms with E-state index in [9.17, 15) is 4.79 Å². The summed E-state index contributed by atoms with van der Waals surface area (Å²) < 4.78 is 1.62. The first-order valence-corrected chi connectivity index (χ1v) is 10.9. The third-order valence-electron chi connectivity index (χ3n) is 5.22. The standard InChI is InChI=1S/C25H23Cl2N3O/c1-16(2)18-8-10-19(11-9-18)23-24(28-15-17-6-4-3-5-7-17)29-25(31)30(23)20-12-13-21(26)22(27)14-20/h3-14,16,28H,15H2,1-2H3,(H,29,31). The van der Waals surface area contributed by atoms with Crippen molar-refractivity contribution in [3.05, 3.63) is 104 Å². The van der Waals surface area contributed by atoms with Gasteiger partial charge in [-0.3, -0.25) is 9.55 Å². The van der Waals surface area contributed by atoms with E-state index >= 15 is 0 Å². The van der Waals surface area contributed by atoms with Gasteiger partial charge in [0.15, 0.2) is 0 Å². The summed E-state index contributed by atoms with van der Waals surface area (Å²) in [6.07, 6.45) is 0. The number of rotatable bonds is 6. The van der Waals surface area contributed by atoms with Gasteiger partial charge in [0.05, 0.1) is 21.4 Å². The Kier molecular flexibility index (Phi) is 6.21. The van der Waals surface area contributed by atoms with Crippen molar-refractivity contribution in [3.63, 3.8) is 0 Å². The molecule has 0 bridgehead atoms. The summed E-state index contributed by atoms with van der Waals surface area (Å²) >= 11 is 12.3. The number of aromatic amines is 1. The number of H-pyrrole nitrogens is 1. The molecule has 0 unspecified atom stereocenters. The Morgan fingerprint density at radius 1 is 0.935 bits per heavy atom. The molecular weight excluding hydrogens is 429 g/mol. The van der Waals surface area contributed by atoms with Crippen molar-refractivity contribution >= 4 is 29.0 Å². The molecule has 158 valence electrons. The zero-order valence-electron chi connectivity index (χ0n) is 17.3. The smallest absolute Gasteiger partial charge is 0.332 e. The Labute approximate surface area is 191 Å². The molecule has 0 radical (unpaired) electrons. The summed E-state index contributed by atoms with van der Waals surface area (Å²) in [7, 11) is 0. The zero-order chi connectivity index (χ0) is 22.0. The molecule has 0 amide bonds. The van der Waals surface area contributed by atoms with Crippen LogP contribution in [0.1, 0.15) is 30.9 Å². The molecule has 0 spiro atoms. The first-order valence-electron chi connectivity index (χ1n) is 10.1. The van der Waals surface area contributed by atoms with Gasteiger partial charge in [-0.1, -0.05) is 91.6 Å². The third kappa shape index (κ3) is 4.55. The van der Waals surface area contributed by atoms with E-state index in [1.165, 1.54) is 5.56 Å². The molecule has 4 nitrogen and oxygen atoms in total. The van der Waals surface area contributed by atoms with E-state index in [4.69, 9.17) is 23.2 Å². The topological polar surface area (TPSA) is 49.8 Å². The molecule has 2 N–H and O–H groups in total. The van der Waals surface area contributed by atoms with Crippen LogP contribution in [0.5, 0.6) is 0 Å². The summed E-state index contributed by atoms with van der Waals surface area (Å²) in [4.78, 5) is 16.0. The Hall–Kier alpha value is -2.95. The van der Waals surface area contributed by atoms with Crippen LogP contribution in [0.3, 0.4) is 0 Å². The molecule has 0 atom stereocenters. The summed E-state index contributed by atoms with van der Waals surface area (Å²) in [6, 6.07) is 23.5. The van der Waals surface area contributed by atoms with Crippen LogP contribution in [-0.4, -0.2) is 9.55 Å². The Morgan fingerprint density at radius 2 is 1.65 bits per heavy atom. The molecule has 1 aromatic heterocycles. The molecule has 4 rings (SSSR count). The molecule has 31 heavy (non-hydrogen) atoms. The third-order valence-corrected chi connectivity index (χ3v) is 5.96. The van der Waals surface area contributed by atoms with E-state index in [0.717, 1.165) is 16.8 Å². The molecule has 6 heteroatoms. The minimum atomic E-state index is -0.253. The molecule has 0 saturated carbocycles. The second kappa shape index (κ2) is 9.04. The highest BCUT2D eigenvalue weighted by Crippen LogP contribution is 2.32. The van der Waals surface area contributed by atoms with Crippen LogP contribution < -0.4 is 11.0 Å². The minimum absolute atomic E-state index is 0.253. The number of benzene rings is 3. The highest BCUT2D eigenvalue weighted by molar-refractivity contribution is 6.42. The van der Waals surface area contributed by atoms with Crippen molar-refractivity contribution in [1.82, 2.24) is 9.55 Å². The normalized spacial score (nSPS) is 11.1. The quantitative estimate of drug-likeness (QED) is 0.335. The van der Waals surface area contributed by atoms with Crippen molar-refractivity contribution in [2.24, 2.45) is 0 Å². The summed E-state index contributed by atoms with van der Waals surface area (Å²) in [5.41, 5.74) is 4.41. The van der Waals surface area contributed by atoms with Gasteiger partial charge in [0.2, 0.25) is 0 Å². The lowest BCUT2D eigenvalue weighted by Crippen LogP contribution is -2.15. The SMILES string of the molecule is CC(C)c1ccc(-c2c(NCc3ccccc3)[nH]c(=O)n2-c2ccc(Cl)c(Cl)c2)cc1. The van der Waals surface area contributed by atoms with Gasteiger partial charge < -0.3 is 5.32 Å². The lowest BCUT2D eigenvalue weighted by molar-refractivity contribution is 0.867. The molecule has 0 aliphatic heterocycles. The fourth-order valence-electron chi connectivity index (χ4n) is 3.52. The van der Waals surface area contributed by atoms with Gasteiger partial charge in [-0.25, -0.2) is 4.79 Å². The van der Waals surface area contributed by atoms with E-state index in [2.05, 4.69) is 36.3 Å². The van der Waals surface area contributed by atoms with E-state index < -0.39 is 0 Å². The molecular formula is C25H23Cl2N3O. The lowest BCUT2D eigenvalue weighted by atomic mass is 10.0. The van der Waals surface area contributed by atoms with E-state index in [1.54, 1.807) is 22.8 Å². The minimum Gasteiger partial charge on any atom is -0.366 e. The fourth-order valence-corrected chi connectivity index (χ4v) is 3.81. The number of halogens is 2. The predicted octanol–water partition coefficient (Wildman–Crippen LogP) is 6.87. The van der Waals surface area contributed by atoms with Gasteiger partial charge in [-0.15, -0.1) is 0 Å². The molecule has 0 fully saturated rings. The fraction of sp³-hybridized carbons (Fsp3) is 0.160. The second-order valence-corrected chi connectivity index (χ2v) is 8.52. The number of hydrogen-bond acceptors (Lipinski definition) is 2. The maximum Gasteiger partial charge on any atom is 0.332 e. The van der Waals surface area contributed by atoms with Crippen LogP contribution >= 0.6 is 23.2 Å². The predicted molar refractivity (Wildman–Crippen MR) is 130 cm³/mol. The number of imidazole rings is 1. The summed E-state index contributed by atoms with van der Waals surface area (Å²) in [5.74, 6) is 1.07. The van der Waals surface area contributed by atoms with E-state index in [1.807, 2.05) is 42.5 Å². The zero-order valence-corrected chi connectivity index (χ0v) is 18.8. The second-order valence-electron chi connectivity index (χ2n) is 7.70. The molecule has 0 saturated heterocycles. The van der Waals surface area contributed by atoms with Gasteiger partial charge in [-0.05, 0) is 35.2 Å². The average molecular weight is 452 g/mol. The molecule has 4 aromatic rings. The van der Waals surface area contributed by atoms with Gasteiger partial charge in [0, 0.05) is 12.1 Å². The average Bonchev–Trinajstić information content (AvgIpc) is 3.11. The molecule has 0 aliphatic rings. The Morgan fingerprint density at radius 3 is 2.29 bits per heavy atom. The van der Waals surface area contributed by atoms with Crippen molar-refractivity contribution in [2.75, 3.05) is 5.32 Å². The van der Waals surface area contributed by atoms with Crippen molar-refractivity contribution < 1.29 is 0 Å². The van der Waals surface area contributed by atoms with Gasteiger partial charge in [0.25, 0.3) is 0 Å².